The Balaban J connectivity index is 1.81. The van der Waals surface area contributed by atoms with Crippen LogP contribution in [0.2, 0.25) is 0 Å². The van der Waals surface area contributed by atoms with Crippen LogP contribution in [-0.4, -0.2) is 27.2 Å². The van der Waals surface area contributed by atoms with Crippen molar-refractivity contribution in [3.63, 3.8) is 0 Å². The lowest BCUT2D eigenvalue weighted by Gasteiger charge is -2.19. The minimum atomic E-state index is 0.159. The number of benzene rings is 3. The highest BCUT2D eigenvalue weighted by Crippen LogP contribution is 2.36. The third kappa shape index (κ3) is 3.81. The summed E-state index contributed by atoms with van der Waals surface area (Å²) in [4.78, 5) is 0. The summed E-state index contributed by atoms with van der Waals surface area (Å²) in [5.41, 5.74) is 5.44. The maximum Gasteiger partial charge on any atom is 0.123 e. The second-order valence-corrected chi connectivity index (χ2v) is 8.46. The lowest BCUT2D eigenvalue weighted by molar-refractivity contribution is 0.409. The molecule has 0 spiro atoms. The first-order valence-corrected chi connectivity index (χ1v) is 9.67. The van der Waals surface area contributed by atoms with E-state index in [-0.39, 0.29) is 11.2 Å². The highest BCUT2D eigenvalue weighted by atomic mass is 16.5. The normalized spacial score (nSPS) is 11.7. The Morgan fingerprint density at radius 1 is 0.966 bits per heavy atom. The Kier molecular flexibility index (Phi) is 4.74. The van der Waals surface area contributed by atoms with Gasteiger partial charge in [0.15, 0.2) is 0 Å². The zero-order valence-corrected chi connectivity index (χ0v) is 17.2. The number of rotatable bonds is 4. The number of phenols is 1. The van der Waals surface area contributed by atoms with Gasteiger partial charge in [-0.2, -0.15) is 0 Å². The maximum atomic E-state index is 10.8. The van der Waals surface area contributed by atoms with Crippen LogP contribution in [0.15, 0.2) is 60.7 Å². The fraction of sp³-hybridized carbons (Fsp3) is 0.250. The minimum absolute atomic E-state index is 0.159. The van der Waals surface area contributed by atoms with Crippen LogP contribution in [0.1, 0.15) is 26.3 Å². The van der Waals surface area contributed by atoms with E-state index in [2.05, 4.69) is 37.1 Å². The van der Waals surface area contributed by atoms with Crippen LogP contribution >= 0.6 is 0 Å². The molecule has 0 atom stereocenters. The molecule has 0 saturated carbocycles. The van der Waals surface area contributed by atoms with Crippen molar-refractivity contribution in [2.45, 2.75) is 27.2 Å². The monoisotopic (exact) mass is 387 g/mol. The van der Waals surface area contributed by atoms with Gasteiger partial charge in [-0.15, -0.1) is 5.10 Å². The van der Waals surface area contributed by atoms with Gasteiger partial charge in [0.1, 0.15) is 17.0 Å². The number of nitrogens with zero attached hydrogens (tertiary/aromatic N) is 3. The molecule has 1 N–H and O–H groups in total. The molecular formula is C24H25N3O2. The number of phenolic OH excluding ortho intramolecular Hbond substituents is 1. The van der Waals surface area contributed by atoms with Crippen LogP contribution < -0.4 is 4.74 Å². The van der Waals surface area contributed by atoms with Gasteiger partial charge in [0, 0.05) is 17.2 Å². The zero-order valence-electron chi connectivity index (χ0n) is 17.2. The molecule has 148 valence electrons. The first-order valence-electron chi connectivity index (χ1n) is 9.67. The van der Waals surface area contributed by atoms with Crippen molar-refractivity contribution >= 4 is 11.0 Å². The van der Waals surface area contributed by atoms with Gasteiger partial charge in [0.25, 0.3) is 0 Å². The Bertz CT molecular complexity index is 1170. The molecular weight excluding hydrogens is 362 g/mol. The van der Waals surface area contributed by atoms with Crippen LogP contribution in [0.25, 0.3) is 27.8 Å². The van der Waals surface area contributed by atoms with Crippen LogP contribution in [0.4, 0.5) is 0 Å². The lowest BCUT2D eigenvalue weighted by atomic mass is 9.87. The summed E-state index contributed by atoms with van der Waals surface area (Å²) < 4.78 is 7.08. The van der Waals surface area contributed by atoms with Gasteiger partial charge in [-0.05, 0) is 41.7 Å². The van der Waals surface area contributed by atoms with E-state index < -0.39 is 0 Å². The Labute approximate surface area is 170 Å². The number of ether oxygens (including phenoxy) is 1. The molecule has 29 heavy (non-hydrogen) atoms. The van der Waals surface area contributed by atoms with E-state index in [9.17, 15) is 5.11 Å². The van der Waals surface area contributed by atoms with Crippen LogP contribution in [0, 0.1) is 5.41 Å². The first-order chi connectivity index (χ1) is 13.9. The third-order valence-corrected chi connectivity index (χ3v) is 4.87. The van der Waals surface area contributed by atoms with Gasteiger partial charge in [0.05, 0.1) is 18.3 Å². The van der Waals surface area contributed by atoms with Gasteiger partial charge in [-0.25, -0.2) is 4.68 Å². The van der Waals surface area contributed by atoms with Crippen molar-refractivity contribution in [2.24, 2.45) is 5.41 Å². The second kappa shape index (κ2) is 7.24. The lowest BCUT2D eigenvalue weighted by Crippen LogP contribution is -2.09. The average Bonchev–Trinajstić information content (AvgIpc) is 3.10. The molecule has 0 aliphatic rings. The summed E-state index contributed by atoms with van der Waals surface area (Å²) in [6.45, 7) is 6.58. The molecule has 0 saturated heterocycles. The number of methoxy groups -OCH3 is 1. The average molecular weight is 387 g/mol. The summed E-state index contributed by atoms with van der Waals surface area (Å²) in [6.07, 6.45) is 0.901. The van der Waals surface area contributed by atoms with E-state index in [4.69, 9.17) is 4.74 Å². The van der Waals surface area contributed by atoms with Gasteiger partial charge < -0.3 is 9.84 Å². The summed E-state index contributed by atoms with van der Waals surface area (Å²) >= 11 is 0. The maximum absolute atomic E-state index is 10.8. The zero-order chi connectivity index (χ0) is 20.6. The third-order valence-electron chi connectivity index (χ3n) is 4.87. The first kappa shape index (κ1) is 19.0. The minimum Gasteiger partial charge on any atom is -0.507 e. The number of hydrogen-bond acceptors (Lipinski definition) is 4. The van der Waals surface area contributed by atoms with Crippen LogP contribution in [-0.2, 0) is 6.42 Å². The van der Waals surface area contributed by atoms with E-state index in [1.807, 2.05) is 54.6 Å². The molecule has 5 heteroatoms. The van der Waals surface area contributed by atoms with Gasteiger partial charge >= 0.3 is 0 Å². The van der Waals surface area contributed by atoms with Crippen molar-refractivity contribution in [1.82, 2.24) is 15.0 Å². The van der Waals surface area contributed by atoms with Crippen molar-refractivity contribution in [1.29, 1.82) is 0 Å². The number of hydrogen-bond donors (Lipinski definition) is 1. The number of aromatic nitrogens is 3. The van der Waals surface area contributed by atoms with Gasteiger partial charge in [0.2, 0.25) is 0 Å². The molecule has 1 heterocycles. The fourth-order valence-electron chi connectivity index (χ4n) is 3.62. The van der Waals surface area contributed by atoms with Crippen LogP contribution in [0.5, 0.6) is 11.5 Å². The molecule has 0 radical (unpaired) electrons. The molecule has 0 unspecified atom stereocenters. The van der Waals surface area contributed by atoms with E-state index in [0.717, 1.165) is 45.6 Å². The molecule has 0 fully saturated rings. The predicted octanol–water partition coefficient (Wildman–Crippen LogP) is 5.39. The molecule has 4 aromatic rings. The molecule has 0 bridgehead atoms. The van der Waals surface area contributed by atoms with Crippen molar-refractivity contribution in [3.8, 4) is 28.3 Å². The fourth-order valence-corrected chi connectivity index (χ4v) is 3.62. The molecule has 5 nitrogen and oxygen atoms in total. The summed E-state index contributed by atoms with van der Waals surface area (Å²) in [7, 11) is 1.63. The van der Waals surface area contributed by atoms with Crippen molar-refractivity contribution in [2.75, 3.05) is 7.11 Å². The van der Waals surface area contributed by atoms with E-state index in [1.54, 1.807) is 11.8 Å². The topological polar surface area (TPSA) is 60.2 Å². The second-order valence-electron chi connectivity index (χ2n) is 8.46. The summed E-state index contributed by atoms with van der Waals surface area (Å²) in [5, 5.41) is 19.4. The molecule has 3 aromatic carbocycles. The smallest absolute Gasteiger partial charge is 0.123 e. The quantitative estimate of drug-likeness (QED) is 0.510. The van der Waals surface area contributed by atoms with E-state index >= 15 is 0 Å². The van der Waals surface area contributed by atoms with Crippen molar-refractivity contribution in [3.05, 3.63) is 66.2 Å². The molecule has 0 aliphatic heterocycles. The Hall–Kier alpha value is -3.34. The molecule has 1 aromatic heterocycles. The predicted molar refractivity (Wildman–Crippen MR) is 116 cm³/mol. The number of aromatic hydroxyl groups is 1. The molecule has 0 amide bonds. The van der Waals surface area contributed by atoms with Crippen LogP contribution in [0.3, 0.4) is 0 Å². The number of fused-ring (bicyclic) bond motifs is 1. The Morgan fingerprint density at radius 3 is 2.48 bits per heavy atom. The largest absolute Gasteiger partial charge is 0.507 e. The highest BCUT2D eigenvalue weighted by molar-refractivity contribution is 5.83. The van der Waals surface area contributed by atoms with Crippen molar-refractivity contribution < 1.29 is 9.84 Å². The summed E-state index contributed by atoms with van der Waals surface area (Å²) in [5.74, 6) is 1.01. The summed E-state index contributed by atoms with van der Waals surface area (Å²) in [6, 6.07) is 19.5. The Morgan fingerprint density at radius 2 is 1.76 bits per heavy atom. The highest BCUT2D eigenvalue weighted by Gasteiger charge is 2.16. The van der Waals surface area contributed by atoms with Gasteiger partial charge in [-0.1, -0.05) is 56.3 Å². The van der Waals surface area contributed by atoms with E-state index in [1.165, 1.54) is 0 Å². The van der Waals surface area contributed by atoms with Gasteiger partial charge in [-0.3, -0.25) is 0 Å². The SMILES string of the molecule is COc1ccc2c(c1)nnn2-c1ccccc1-c1ccc(CC(C)(C)C)cc1O. The van der Waals surface area contributed by atoms with E-state index in [0.29, 0.717) is 0 Å². The standard InChI is InChI=1S/C24H25N3O2/c1-24(2,3)15-16-9-11-19(23(28)13-16)18-7-5-6-8-21(18)27-22-12-10-17(29-4)14-20(22)25-26-27/h5-14,28H,15H2,1-4H3. The molecule has 0 aliphatic carbocycles. The number of para-hydroxylation sites is 1. The molecule has 4 rings (SSSR count).